The molecule has 9 heteroatoms. The molecule has 2 atom stereocenters. The van der Waals surface area contributed by atoms with Crippen molar-refractivity contribution in [2.75, 3.05) is 5.32 Å². The van der Waals surface area contributed by atoms with Gasteiger partial charge in [0.2, 0.25) is 12.2 Å². The Hall–Kier alpha value is -5.84. The van der Waals surface area contributed by atoms with Crippen LogP contribution in [0, 0.1) is 28.4 Å². The second-order valence-corrected chi connectivity index (χ2v) is 10.3. The number of anilines is 1. The van der Waals surface area contributed by atoms with Crippen molar-refractivity contribution in [3.05, 3.63) is 147 Å². The summed E-state index contributed by atoms with van der Waals surface area (Å²) in [5, 5.41) is 35.1. The minimum Gasteiger partial charge on any atom is -0.762 e. The summed E-state index contributed by atoms with van der Waals surface area (Å²) in [7, 11) is 0. The molecule has 0 bridgehead atoms. The molecule has 42 heavy (non-hydrogen) atoms. The van der Waals surface area contributed by atoms with Gasteiger partial charge in [0.25, 0.3) is 5.69 Å². The Balaban J connectivity index is 1.71. The number of para-hydroxylation sites is 2. The van der Waals surface area contributed by atoms with Crippen LogP contribution in [0.4, 0.5) is 11.4 Å². The summed E-state index contributed by atoms with van der Waals surface area (Å²) in [4.78, 5) is 25.3. The molecule has 2 unspecified atom stereocenters. The summed E-state index contributed by atoms with van der Waals surface area (Å²) in [6.07, 6.45) is 1.89. The zero-order chi connectivity index (χ0) is 29.4. The van der Waals surface area contributed by atoms with Crippen molar-refractivity contribution >= 4 is 34.2 Å². The zero-order valence-electron chi connectivity index (χ0n) is 22.6. The van der Waals surface area contributed by atoms with Crippen LogP contribution in [0.3, 0.4) is 0 Å². The van der Waals surface area contributed by atoms with Crippen LogP contribution in [0.5, 0.6) is 0 Å². The van der Waals surface area contributed by atoms with Gasteiger partial charge in [-0.25, -0.2) is 9.13 Å². The van der Waals surface area contributed by atoms with Crippen LogP contribution in [0.25, 0.3) is 16.4 Å². The van der Waals surface area contributed by atoms with Crippen molar-refractivity contribution in [3.63, 3.8) is 0 Å². The standard InChI is InChI=1S/C33H24N6O3/c1-22-11-16-28-27(17-22)33(32(40)36-28,25(18-34)19-35)31(24-12-14-26(15-13-24)39(41)42)38-21-37(20-23-7-3-2-4-8-23)29-9-5-6-10-30(29)38/h2-17,21,31H,20H2,1H3,(H,36,40). The van der Waals surface area contributed by atoms with E-state index < -0.39 is 22.3 Å². The highest BCUT2D eigenvalue weighted by atomic mass is 16.6. The third-order valence-electron chi connectivity index (χ3n) is 7.86. The molecule has 0 saturated heterocycles. The number of hydrogen-bond acceptors (Lipinski definition) is 4. The van der Waals surface area contributed by atoms with Crippen LogP contribution in [0.1, 0.15) is 28.3 Å². The average molecular weight is 553 g/mol. The molecule has 1 aromatic heterocycles. The molecule has 1 aliphatic heterocycles. The highest BCUT2D eigenvalue weighted by Gasteiger charge is 2.59. The van der Waals surface area contributed by atoms with Crippen molar-refractivity contribution in [1.29, 1.82) is 5.26 Å². The first kappa shape index (κ1) is 26.4. The number of nitrogens with one attached hydrogen (secondary N) is 1. The van der Waals surface area contributed by atoms with Crippen LogP contribution in [-0.2, 0) is 16.8 Å². The maximum absolute atomic E-state index is 14.3. The fourth-order valence-corrected chi connectivity index (χ4v) is 6.00. The van der Waals surface area contributed by atoms with Gasteiger partial charge in [-0.3, -0.25) is 20.8 Å². The number of fused-ring (bicyclic) bond motifs is 2. The van der Waals surface area contributed by atoms with E-state index in [2.05, 4.69) is 9.88 Å². The number of nitro groups is 1. The van der Waals surface area contributed by atoms with E-state index in [0.29, 0.717) is 23.4 Å². The molecule has 1 aliphatic rings. The highest BCUT2D eigenvalue weighted by molar-refractivity contribution is 6.12. The van der Waals surface area contributed by atoms with Crippen molar-refractivity contribution in [2.45, 2.75) is 24.9 Å². The predicted octanol–water partition coefficient (Wildman–Crippen LogP) is 5.36. The molecule has 0 fully saturated rings. The summed E-state index contributed by atoms with van der Waals surface area (Å²) in [6.45, 7) is 2.41. The first-order chi connectivity index (χ1) is 20.4. The molecular formula is C33H24N6O3. The van der Waals surface area contributed by atoms with E-state index in [0.717, 1.165) is 22.2 Å². The molecule has 0 radical (unpaired) electrons. The van der Waals surface area contributed by atoms with E-state index in [-0.39, 0.29) is 11.3 Å². The average Bonchev–Trinajstić information content (AvgIpc) is 3.50. The number of rotatable bonds is 7. The highest BCUT2D eigenvalue weighted by Crippen LogP contribution is 2.52. The van der Waals surface area contributed by atoms with Gasteiger partial charge in [-0.15, -0.1) is 0 Å². The number of nitrogens with zero attached hydrogens (tertiary/aromatic N) is 5. The number of imidazole rings is 1. The molecule has 0 spiro atoms. The van der Waals surface area contributed by atoms with Gasteiger partial charge in [0.15, 0.2) is 22.5 Å². The van der Waals surface area contributed by atoms with Gasteiger partial charge < -0.3 is 10.7 Å². The van der Waals surface area contributed by atoms with Gasteiger partial charge in [0.05, 0.1) is 10.5 Å². The molecule has 9 nitrogen and oxygen atoms in total. The Labute approximate surface area is 241 Å². The lowest BCUT2D eigenvalue weighted by Gasteiger charge is -2.34. The number of nitriles is 1. The Morgan fingerprint density at radius 2 is 1.79 bits per heavy atom. The number of amides is 1. The first-order valence-corrected chi connectivity index (χ1v) is 13.3. The van der Waals surface area contributed by atoms with E-state index in [4.69, 9.17) is 0 Å². The van der Waals surface area contributed by atoms with Crippen molar-refractivity contribution in [2.24, 2.45) is 0 Å². The fourth-order valence-electron chi connectivity index (χ4n) is 6.00. The molecular weight excluding hydrogens is 528 g/mol. The number of non-ortho nitro benzene ring substituents is 1. The molecule has 4 aromatic carbocycles. The maximum Gasteiger partial charge on any atom is 0.269 e. The maximum atomic E-state index is 14.3. The quantitative estimate of drug-likeness (QED) is 0.0958. The predicted molar refractivity (Wildman–Crippen MR) is 158 cm³/mol. The number of hydrogen-bond donors (Lipinski definition) is 1. The molecule has 0 saturated carbocycles. The molecule has 5 aromatic rings. The minimum absolute atomic E-state index is 0.111. The van der Waals surface area contributed by atoms with Crippen molar-refractivity contribution in [3.8, 4) is 6.07 Å². The van der Waals surface area contributed by atoms with Crippen molar-refractivity contribution in [1.82, 2.24) is 4.57 Å². The summed E-state index contributed by atoms with van der Waals surface area (Å²) in [5.74, 6) is 1.52. The van der Waals surface area contributed by atoms with Crippen LogP contribution in [0.2, 0.25) is 0 Å². The Bertz CT molecular complexity index is 1970. The van der Waals surface area contributed by atoms with Gasteiger partial charge in [-0.05, 0) is 48.4 Å². The number of aryl methyl sites for hydroxylation is 1. The van der Waals surface area contributed by atoms with E-state index in [1.54, 1.807) is 18.2 Å². The SMILES string of the molecule is Cc1ccc2c(c1)C(C(=C=[N-])C#N)(C(c1ccc([N+](=O)[O-])cc1)n1c[n+](Cc3ccccc3)c3ccccc31)C(=O)N2. The van der Waals surface area contributed by atoms with Crippen LogP contribution < -0.4 is 9.88 Å². The number of aromatic nitrogens is 2. The lowest BCUT2D eigenvalue weighted by atomic mass is 9.67. The van der Waals surface area contributed by atoms with Gasteiger partial charge in [0, 0.05) is 23.4 Å². The third-order valence-corrected chi connectivity index (χ3v) is 7.86. The van der Waals surface area contributed by atoms with Crippen LogP contribution in [0.15, 0.2) is 109 Å². The monoisotopic (exact) mass is 552 g/mol. The molecule has 204 valence electrons. The summed E-state index contributed by atoms with van der Waals surface area (Å²) >= 11 is 0. The summed E-state index contributed by atoms with van der Waals surface area (Å²) in [5.41, 5.74) is 2.95. The smallest absolute Gasteiger partial charge is 0.269 e. The van der Waals surface area contributed by atoms with E-state index in [1.807, 2.05) is 96.5 Å². The number of carbonyl (C=O) groups is 1. The number of benzene rings is 4. The lowest BCUT2D eigenvalue weighted by molar-refractivity contribution is -0.663. The van der Waals surface area contributed by atoms with Crippen LogP contribution in [-0.4, -0.2) is 21.3 Å². The van der Waals surface area contributed by atoms with Gasteiger partial charge in [-0.2, -0.15) is 5.26 Å². The fraction of sp³-hybridized carbons (Fsp3) is 0.121. The largest absolute Gasteiger partial charge is 0.762 e. The molecule has 6 rings (SSSR count). The summed E-state index contributed by atoms with van der Waals surface area (Å²) < 4.78 is 3.96. The van der Waals surface area contributed by atoms with Gasteiger partial charge in [0.1, 0.15) is 12.6 Å². The Morgan fingerprint density at radius 1 is 1.07 bits per heavy atom. The topological polar surface area (TPSA) is 127 Å². The van der Waals surface area contributed by atoms with E-state index in [1.165, 1.54) is 12.1 Å². The van der Waals surface area contributed by atoms with Gasteiger partial charge >= 0.3 is 0 Å². The molecule has 1 amide bonds. The molecule has 2 heterocycles. The Kier molecular flexibility index (Phi) is 6.46. The van der Waals surface area contributed by atoms with Crippen molar-refractivity contribution < 1.29 is 14.3 Å². The lowest BCUT2D eigenvalue weighted by Crippen LogP contribution is -2.45. The van der Waals surface area contributed by atoms with Gasteiger partial charge in [-0.1, -0.05) is 60.2 Å². The number of nitro benzene ring substituents is 1. The molecule has 0 aliphatic carbocycles. The normalized spacial score (nSPS) is 16.2. The minimum atomic E-state index is -1.76. The second kappa shape index (κ2) is 10.3. The second-order valence-electron chi connectivity index (χ2n) is 10.3. The van der Waals surface area contributed by atoms with E-state index >= 15 is 0 Å². The molecule has 1 N–H and O–H groups in total. The first-order valence-electron chi connectivity index (χ1n) is 13.3. The van der Waals surface area contributed by atoms with Crippen LogP contribution >= 0.6 is 0 Å². The van der Waals surface area contributed by atoms with E-state index in [9.17, 15) is 25.6 Å². The Morgan fingerprint density at radius 3 is 2.48 bits per heavy atom. The third kappa shape index (κ3) is 4.06. The zero-order valence-corrected chi connectivity index (χ0v) is 22.6. The number of carbonyl (C=O) groups excluding carboxylic acids is 1. The summed E-state index contributed by atoms with van der Waals surface area (Å²) in [6, 6.07) is 30.1.